The van der Waals surface area contributed by atoms with Gasteiger partial charge < -0.3 is 0 Å². The molecule has 124 valence electrons. The van der Waals surface area contributed by atoms with Crippen molar-refractivity contribution >= 4 is 0 Å². The van der Waals surface area contributed by atoms with Crippen molar-refractivity contribution in [3.05, 3.63) is 47.5 Å². The van der Waals surface area contributed by atoms with E-state index in [1.54, 1.807) is 6.07 Å². The van der Waals surface area contributed by atoms with Crippen LogP contribution in [-0.2, 0) is 6.42 Å². The Morgan fingerprint density at radius 1 is 1.12 bits per heavy atom. The monoisotopic (exact) mass is 323 g/mol. The molecule has 0 unspecified atom stereocenters. The fourth-order valence-electron chi connectivity index (χ4n) is 3.44. The van der Waals surface area contributed by atoms with Gasteiger partial charge >= 0.3 is 0 Å². The van der Waals surface area contributed by atoms with E-state index in [0.29, 0.717) is 11.4 Å². The highest BCUT2D eigenvalue weighted by Crippen LogP contribution is 2.29. The summed E-state index contributed by atoms with van der Waals surface area (Å²) >= 11 is 0. The quantitative estimate of drug-likeness (QED) is 0.698. The van der Waals surface area contributed by atoms with Crippen molar-refractivity contribution in [1.82, 2.24) is 9.97 Å². The van der Waals surface area contributed by atoms with Crippen LogP contribution >= 0.6 is 0 Å². The third kappa shape index (κ3) is 4.17. The first-order valence-electron chi connectivity index (χ1n) is 8.77. The second-order valence-electron chi connectivity index (χ2n) is 6.62. The Morgan fingerprint density at radius 2 is 1.88 bits per heavy atom. The summed E-state index contributed by atoms with van der Waals surface area (Å²) in [5.41, 5.74) is 1.76. The Bertz CT molecular complexity index is 713. The van der Waals surface area contributed by atoms with E-state index in [2.05, 4.69) is 9.97 Å². The van der Waals surface area contributed by atoms with Crippen molar-refractivity contribution in [2.24, 2.45) is 5.92 Å². The topological polar surface area (TPSA) is 49.6 Å². The minimum absolute atomic E-state index is 0.0395. The van der Waals surface area contributed by atoms with Crippen LogP contribution in [0.2, 0.25) is 0 Å². The number of halogens is 1. The predicted octanol–water partition coefficient (Wildman–Crippen LogP) is 5.06. The molecule has 3 rings (SSSR count). The Balaban J connectivity index is 1.53. The van der Waals surface area contributed by atoms with Gasteiger partial charge in [-0.2, -0.15) is 5.26 Å². The summed E-state index contributed by atoms with van der Waals surface area (Å²) in [7, 11) is 0. The predicted molar refractivity (Wildman–Crippen MR) is 91.7 cm³/mol. The van der Waals surface area contributed by atoms with Crippen LogP contribution in [0.4, 0.5) is 4.39 Å². The molecule has 0 atom stereocenters. The maximum absolute atomic E-state index is 13.7. The molecule has 0 radical (unpaired) electrons. The fourth-order valence-corrected chi connectivity index (χ4v) is 3.44. The molecule has 24 heavy (non-hydrogen) atoms. The van der Waals surface area contributed by atoms with Gasteiger partial charge in [0.25, 0.3) is 0 Å². The van der Waals surface area contributed by atoms with Crippen molar-refractivity contribution in [3.8, 4) is 17.5 Å². The molecule has 0 bridgehead atoms. The van der Waals surface area contributed by atoms with Crippen LogP contribution < -0.4 is 0 Å². The summed E-state index contributed by atoms with van der Waals surface area (Å²) in [4.78, 5) is 8.68. The van der Waals surface area contributed by atoms with Crippen molar-refractivity contribution in [3.63, 3.8) is 0 Å². The number of hydrogen-bond donors (Lipinski definition) is 0. The molecule has 2 aromatic rings. The number of aromatic nitrogens is 2. The first kappa shape index (κ1) is 16.6. The van der Waals surface area contributed by atoms with Crippen molar-refractivity contribution in [2.75, 3.05) is 0 Å². The molecule has 1 aliphatic rings. The highest BCUT2D eigenvalue weighted by Gasteiger charge is 2.14. The molecule has 4 heteroatoms. The van der Waals surface area contributed by atoms with E-state index >= 15 is 0 Å². The Kier molecular flexibility index (Phi) is 5.53. The molecular weight excluding hydrogens is 301 g/mol. The third-order valence-corrected chi connectivity index (χ3v) is 4.86. The van der Waals surface area contributed by atoms with E-state index in [4.69, 9.17) is 5.26 Å². The van der Waals surface area contributed by atoms with Crippen LogP contribution in [0.5, 0.6) is 0 Å². The zero-order valence-corrected chi connectivity index (χ0v) is 13.8. The molecule has 1 saturated carbocycles. The number of nitrogens with zero attached hydrogens (tertiary/aromatic N) is 3. The average Bonchev–Trinajstić information content (AvgIpc) is 3.13. The molecule has 1 aromatic heterocycles. The van der Waals surface area contributed by atoms with Gasteiger partial charge in [0.2, 0.25) is 0 Å². The van der Waals surface area contributed by atoms with Gasteiger partial charge in [0.05, 0.1) is 5.56 Å². The highest BCUT2D eigenvalue weighted by molar-refractivity contribution is 5.56. The van der Waals surface area contributed by atoms with Crippen LogP contribution in [0.1, 0.15) is 56.1 Å². The van der Waals surface area contributed by atoms with E-state index in [9.17, 15) is 4.39 Å². The van der Waals surface area contributed by atoms with Crippen molar-refractivity contribution < 1.29 is 4.39 Å². The molecular formula is C20H22FN3. The summed E-state index contributed by atoms with van der Waals surface area (Å²) in [6.07, 6.45) is 14.1. The van der Waals surface area contributed by atoms with Crippen molar-refractivity contribution in [2.45, 2.75) is 51.4 Å². The molecule has 3 nitrogen and oxygen atoms in total. The summed E-state index contributed by atoms with van der Waals surface area (Å²) < 4.78 is 13.7. The number of unbranched alkanes of at least 4 members (excludes halogenated alkanes) is 1. The van der Waals surface area contributed by atoms with E-state index in [1.165, 1.54) is 57.1 Å². The van der Waals surface area contributed by atoms with Crippen molar-refractivity contribution in [1.29, 1.82) is 5.26 Å². The van der Waals surface area contributed by atoms with E-state index in [1.807, 2.05) is 18.5 Å². The van der Waals surface area contributed by atoms with Gasteiger partial charge in [-0.1, -0.05) is 38.5 Å². The van der Waals surface area contributed by atoms with Gasteiger partial charge in [0, 0.05) is 18.0 Å². The second-order valence-corrected chi connectivity index (χ2v) is 6.62. The van der Waals surface area contributed by atoms with Gasteiger partial charge in [-0.05, 0) is 42.5 Å². The SMILES string of the molecule is N#Cc1ccc(-c2ncc(CCCCC3CCCC3)cn2)cc1F. The number of benzene rings is 1. The summed E-state index contributed by atoms with van der Waals surface area (Å²) in [6, 6.07) is 6.27. The Labute approximate surface area is 142 Å². The largest absolute Gasteiger partial charge is 0.236 e. The lowest BCUT2D eigenvalue weighted by Gasteiger charge is -2.08. The average molecular weight is 323 g/mol. The maximum atomic E-state index is 13.7. The number of rotatable bonds is 6. The van der Waals surface area contributed by atoms with Crippen LogP contribution in [0.15, 0.2) is 30.6 Å². The van der Waals surface area contributed by atoms with Gasteiger partial charge in [-0.15, -0.1) is 0 Å². The first-order valence-corrected chi connectivity index (χ1v) is 8.77. The van der Waals surface area contributed by atoms with Gasteiger partial charge in [-0.3, -0.25) is 0 Å². The second kappa shape index (κ2) is 8.01. The fraction of sp³-hybridized carbons (Fsp3) is 0.450. The number of hydrogen-bond acceptors (Lipinski definition) is 3. The molecule has 1 aromatic carbocycles. The standard InChI is InChI=1S/C20H22FN3/c21-19-11-17(9-10-18(19)12-22)20-23-13-16(14-24-20)8-4-3-7-15-5-1-2-6-15/h9-11,13-15H,1-8H2. The highest BCUT2D eigenvalue weighted by atomic mass is 19.1. The molecule has 0 N–H and O–H groups in total. The zero-order valence-electron chi connectivity index (χ0n) is 13.8. The Hall–Kier alpha value is -2.28. The minimum atomic E-state index is -0.533. The van der Waals surface area contributed by atoms with Gasteiger partial charge in [0.1, 0.15) is 11.9 Å². The number of aryl methyl sites for hydroxylation is 1. The third-order valence-electron chi connectivity index (χ3n) is 4.86. The summed E-state index contributed by atoms with van der Waals surface area (Å²) in [5, 5.41) is 8.77. The lowest BCUT2D eigenvalue weighted by Crippen LogP contribution is -1.96. The Morgan fingerprint density at radius 3 is 2.54 bits per heavy atom. The van der Waals surface area contributed by atoms with Crippen LogP contribution in [0, 0.1) is 23.1 Å². The first-order chi connectivity index (χ1) is 11.8. The van der Waals surface area contributed by atoms with Gasteiger partial charge in [-0.25, -0.2) is 14.4 Å². The molecule has 1 fully saturated rings. The number of nitriles is 1. The smallest absolute Gasteiger partial charge is 0.159 e. The summed E-state index contributed by atoms with van der Waals surface area (Å²) in [6.45, 7) is 0. The molecule has 1 heterocycles. The summed E-state index contributed by atoms with van der Waals surface area (Å²) in [5.74, 6) is 0.914. The molecule has 0 amide bonds. The zero-order chi connectivity index (χ0) is 16.8. The van der Waals surface area contributed by atoms with Crippen LogP contribution in [0.3, 0.4) is 0 Å². The lowest BCUT2D eigenvalue weighted by atomic mass is 9.99. The molecule has 0 saturated heterocycles. The molecule has 0 spiro atoms. The lowest BCUT2D eigenvalue weighted by molar-refractivity contribution is 0.473. The molecule has 0 aliphatic heterocycles. The van der Waals surface area contributed by atoms with E-state index < -0.39 is 5.82 Å². The van der Waals surface area contributed by atoms with E-state index in [0.717, 1.165) is 17.9 Å². The van der Waals surface area contributed by atoms with Crippen LogP contribution in [0.25, 0.3) is 11.4 Å². The van der Waals surface area contributed by atoms with Gasteiger partial charge in [0.15, 0.2) is 5.82 Å². The molecule has 1 aliphatic carbocycles. The van der Waals surface area contributed by atoms with E-state index in [-0.39, 0.29) is 5.56 Å². The maximum Gasteiger partial charge on any atom is 0.159 e. The van der Waals surface area contributed by atoms with Crippen LogP contribution in [-0.4, -0.2) is 9.97 Å². The normalized spacial score (nSPS) is 14.7. The minimum Gasteiger partial charge on any atom is -0.236 e.